The average molecular weight is 539 g/mol. The van der Waals surface area contributed by atoms with Gasteiger partial charge in [0.15, 0.2) is 0 Å². The lowest BCUT2D eigenvalue weighted by molar-refractivity contribution is -0.0168. The summed E-state index contributed by atoms with van der Waals surface area (Å²) in [6.07, 6.45) is 4.29. The van der Waals surface area contributed by atoms with Crippen LogP contribution in [0.5, 0.6) is 0 Å². The van der Waals surface area contributed by atoms with Crippen molar-refractivity contribution in [2.75, 3.05) is 49.7 Å². The first-order valence-corrected chi connectivity index (χ1v) is 12.9. The first-order chi connectivity index (χ1) is 16.5. The molecular formula is C24H32BrFN4O4. The van der Waals surface area contributed by atoms with Crippen LogP contribution >= 0.6 is 15.9 Å². The smallest absolute Gasteiger partial charge is 0.227 e. The van der Waals surface area contributed by atoms with Crippen LogP contribution in [-0.4, -0.2) is 77.4 Å². The number of nitrogens with one attached hydrogen (secondary N) is 1. The quantitative estimate of drug-likeness (QED) is 0.515. The van der Waals surface area contributed by atoms with Crippen molar-refractivity contribution in [1.29, 1.82) is 0 Å². The fourth-order valence-electron chi connectivity index (χ4n) is 5.50. The van der Waals surface area contributed by atoms with Crippen molar-refractivity contribution >= 4 is 38.6 Å². The zero-order valence-electron chi connectivity index (χ0n) is 19.2. The van der Waals surface area contributed by atoms with Crippen molar-refractivity contribution in [2.45, 2.75) is 56.3 Å². The van der Waals surface area contributed by atoms with Crippen molar-refractivity contribution in [3.8, 4) is 0 Å². The van der Waals surface area contributed by atoms with Gasteiger partial charge in [0.1, 0.15) is 11.6 Å². The number of nitrogens with zero attached hydrogens (tertiary/aromatic N) is 3. The molecule has 3 saturated heterocycles. The Kier molecular flexibility index (Phi) is 7.22. The number of ether oxygens (including phenoxy) is 2. The summed E-state index contributed by atoms with van der Waals surface area (Å²) in [4.78, 5) is 11.8. The maximum absolute atomic E-state index is 14.5. The van der Waals surface area contributed by atoms with Gasteiger partial charge in [-0.2, -0.15) is 4.98 Å². The highest BCUT2D eigenvalue weighted by molar-refractivity contribution is 9.10. The molecule has 0 saturated carbocycles. The molecule has 2 atom stereocenters. The maximum atomic E-state index is 14.5. The molecule has 34 heavy (non-hydrogen) atoms. The Hall–Kier alpha value is -1.59. The Morgan fingerprint density at radius 3 is 2.68 bits per heavy atom. The molecule has 10 heteroatoms. The molecule has 0 aliphatic carbocycles. The third-order valence-corrected chi connectivity index (χ3v) is 8.08. The predicted octanol–water partition coefficient (Wildman–Crippen LogP) is 3.24. The number of aliphatic hydroxyl groups is 2. The minimum atomic E-state index is -0.389. The average Bonchev–Trinajstić information content (AvgIpc) is 3.20. The van der Waals surface area contributed by atoms with Gasteiger partial charge in [0.2, 0.25) is 5.95 Å². The second kappa shape index (κ2) is 10.2. The summed E-state index contributed by atoms with van der Waals surface area (Å²) in [6.45, 7) is 3.32. The summed E-state index contributed by atoms with van der Waals surface area (Å²) in [5.41, 5.74) is 0.401. The van der Waals surface area contributed by atoms with E-state index in [1.54, 1.807) is 6.07 Å². The van der Waals surface area contributed by atoms with Crippen LogP contribution in [0.15, 0.2) is 16.6 Å². The molecule has 0 amide bonds. The van der Waals surface area contributed by atoms with Gasteiger partial charge in [-0.05, 0) is 66.1 Å². The number of hydrogen-bond acceptors (Lipinski definition) is 8. The lowest BCUT2D eigenvalue weighted by atomic mass is 9.88. The summed E-state index contributed by atoms with van der Waals surface area (Å²) >= 11 is 3.29. The van der Waals surface area contributed by atoms with Crippen LogP contribution in [0.4, 0.5) is 16.2 Å². The van der Waals surface area contributed by atoms with Crippen LogP contribution in [0.2, 0.25) is 0 Å². The van der Waals surface area contributed by atoms with Crippen LogP contribution in [0.1, 0.15) is 38.5 Å². The van der Waals surface area contributed by atoms with Crippen LogP contribution in [0.3, 0.4) is 0 Å². The summed E-state index contributed by atoms with van der Waals surface area (Å²) in [5, 5.41) is 23.8. The van der Waals surface area contributed by atoms with Gasteiger partial charge in [-0.15, -0.1) is 0 Å². The number of halogens is 2. The fraction of sp³-hybridized carbons (Fsp3) is 0.667. The molecule has 186 valence electrons. The first kappa shape index (κ1) is 24.1. The Bertz CT molecular complexity index is 1010. The number of aliphatic hydroxyl groups excluding tert-OH is 2. The van der Waals surface area contributed by atoms with E-state index in [0.717, 1.165) is 38.8 Å². The highest BCUT2D eigenvalue weighted by Crippen LogP contribution is 2.38. The van der Waals surface area contributed by atoms with Crippen molar-refractivity contribution < 1.29 is 24.1 Å². The summed E-state index contributed by atoms with van der Waals surface area (Å²) in [5.74, 6) is 1.16. The SMILES string of the molecule is OCCC(Nc1nc(N2CCC3(CC2)CC(O)CO3)nc2cc(Br)c(F)cc12)C1CCOCC1. The molecule has 1 spiro atoms. The Morgan fingerprint density at radius 2 is 2.00 bits per heavy atom. The van der Waals surface area contributed by atoms with E-state index in [4.69, 9.17) is 19.4 Å². The second-order valence-corrected chi connectivity index (χ2v) is 10.6. The van der Waals surface area contributed by atoms with Crippen LogP contribution in [0.25, 0.3) is 10.9 Å². The van der Waals surface area contributed by atoms with E-state index in [-0.39, 0.29) is 30.2 Å². The molecule has 4 heterocycles. The normalized spacial score (nSPS) is 24.1. The molecule has 1 aromatic heterocycles. The monoisotopic (exact) mass is 538 g/mol. The zero-order valence-corrected chi connectivity index (χ0v) is 20.8. The number of anilines is 2. The lowest BCUT2D eigenvalue weighted by Gasteiger charge is -2.38. The van der Waals surface area contributed by atoms with Crippen molar-refractivity contribution in [1.82, 2.24) is 9.97 Å². The van der Waals surface area contributed by atoms with Crippen molar-refractivity contribution in [3.63, 3.8) is 0 Å². The van der Waals surface area contributed by atoms with E-state index in [0.29, 0.717) is 65.7 Å². The van der Waals surface area contributed by atoms with Gasteiger partial charge in [-0.25, -0.2) is 9.37 Å². The summed E-state index contributed by atoms with van der Waals surface area (Å²) in [7, 11) is 0. The zero-order chi connectivity index (χ0) is 23.7. The number of benzene rings is 1. The van der Waals surface area contributed by atoms with E-state index < -0.39 is 0 Å². The number of aromatic nitrogens is 2. The second-order valence-electron chi connectivity index (χ2n) is 9.71. The predicted molar refractivity (Wildman–Crippen MR) is 131 cm³/mol. The number of piperidine rings is 1. The molecule has 8 nitrogen and oxygen atoms in total. The van der Waals surface area contributed by atoms with Gasteiger partial charge in [0.05, 0.1) is 28.3 Å². The van der Waals surface area contributed by atoms with Gasteiger partial charge in [0.25, 0.3) is 0 Å². The number of fused-ring (bicyclic) bond motifs is 1. The first-order valence-electron chi connectivity index (χ1n) is 12.2. The van der Waals surface area contributed by atoms with Gasteiger partial charge < -0.3 is 29.9 Å². The van der Waals surface area contributed by atoms with E-state index in [2.05, 4.69) is 26.1 Å². The fourth-order valence-corrected chi connectivity index (χ4v) is 5.84. The molecule has 3 aliphatic rings. The Labute approximate surface area is 207 Å². The number of hydrogen-bond donors (Lipinski definition) is 3. The molecule has 0 bridgehead atoms. The third kappa shape index (κ3) is 5.02. The van der Waals surface area contributed by atoms with Gasteiger partial charge in [-0.3, -0.25) is 0 Å². The molecule has 3 N–H and O–H groups in total. The highest BCUT2D eigenvalue weighted by Gasteiger charge is 2.42. The third-order valence-electron chi connectivity index (χ3n) is 7.47. The van der Waals surface area contributed by atoms with Crippen molar-refractivity contribution in [3.05, 3.63) is 22.4 Å². The Morgan fingerprint density at radius 1 is 1.24 bits per heavy atom. The lowest BCUT2D eigenvalue weighted by Crippen LogP contribution is -2.45. The molecule has 2 aromatic rings. The van der Waals surface area contributed by atoms with Crippen molar-refractivity contribution in [2.24, 2.45) is 5.92 Å². The van der Waals surface area contributed by atoms with E-state index >= 15 is 0 Å². The molecular weight excluding hydrogens is 507 g/mol. The van der Waals surface area contributed by atoms with Crippen LogP contribution in [-0.2, 0) is 9.47 Å². The van der Waals surface area contributed by atoms with Crippen LogP contribution in [0, 0.1) is 11.7 Å². The molecule has 3 aliphatic heterocycles. The molecule has 0 radical (unpaired) electrons. The topological polar surface area (TPSA) is 100.0 Å². The summed E-state index contributed by atoms with van der Waals surface area (Å²) < 4.78 is 26.3. The van der Waals surface area contributed by atoms with Gasteiger partial charge in [0, 0.05) is 50.8 Å². The van der Waals surface area contributed by atoms with E-state index in [1.807, 2.05) is 0 Å². The van der Waals surface area contributed by atoms with E-state index in [9.17, 15) is 14.6 Å². The highest BCUT2D eigenvalue weighted by atomic mass is 79.9. The van der Waals surface area contributed by atoms with Gasteiger partial charge in [-0.1, -0.05) is 0 Å². The Balaban J connectivity index is 1.44. The van der Waals surface area contributed by atoms with Crippen LogP contribution < -0.4 is 10.2 Å². The molecule has 1 aromatic carbocycles. The maximum Gasteiger partial charge on any atom is 0.227 e. The van der Waals surface area contributed by atoms with Gasteiger partial charge >= 0.3 is 0 Å². The van der Waals surface area contributed by atoms with E-state index in [1.165, 1.54) is 6.07 Å². The minimum absolute atomic E-state index is 0.00422. The molecule has 3 fully saturated rings. The molecule has 5 rings (SSSR count). The standard InChI is InChI=1S/C24H32BrFN4O4/c25-18-12-21-17(11-19(18)26)22(27-20(1-8-31)15-2-9-33-10-3-15)29-23(28-21)30-6-4-24(5-7-30)13-16(32)14-34-24/h11-12,15-16,20,31-32H,1-10,13-14H2,(H,27,28,29). The number of rotatable bonds is 6. The largest absolute Gasteiger partial charge is 0.396 e. The minimum Gasteiger partial charge on any atom is -0.396 e. The summed E-state index contributed by atoms with van der Waals surface area (Å²) in [6, 6.07) is 3.16. The molecule has 2 unspecified atom stereocenters.